The van der Waals surface area contributed by atoms with Crippen LogP contribution in [0, 0.1) is 0 Å². The van der Waals surface area contributed by atoms with Gasteiger partial charge in [0.15, 0.2) is 0 Å². The highest BCUT2D eigenvalue weighted by atomic mass is 35.5. The van der Waals surface area contributed by atoms with Crippen LogP contribution in [0.3, 0.4) is 0 Å². The van der Waals surface area contributed by atoms with Crippen LogP contribution >= 0.6 is 11.6 Å². The van der Waals surface area contributed by atoms with E-state index >= 15 is 0 Å². The molecule has 0 unspecified atom stereocenters. The van der Waals surface area contributed by atoms with Crippen molar-refractivity contribution in [2.45, 2.75) is 26.2 Å². The summed E-state index contributed by atoms with van der Waals surface area (Å²) < 4.78 is 0. The van der Waals surface area contributed by atoms with Crippen molar-refractivity contribution in [2.24, 2.45) is 0 Å². The van der Waals surface area contributed by atoms with E-state index in [0.717, 1.165) is 31.3 Å². The highest BCUT2D eigenvalue weighted by Crippen LogP contribution is 2.24. The molecule has 2 aromatic rings. The molecule has 2 heterocycles. The Bertz CT molecular complexity index is 663. The maximum Gasteiger partial charge on any atom is 0.132 e. The molecule has 1 aliphatic heterocycles. The van der Waals surface area contributed by atoms with E-state index in [2.05, 4.69) is 53.0 Å². The summed E-state index contributed by atoms with van der Waals surface area (Å²) in [6.07, 6.45) is 3.14. The number of rotatable bonds is 5. The second kappa shape index (κ2) is 7.61. The standard InChI is InChI=1S/C19H26ClN3/c1-3-15-6-4-7-16-14-17(19(20)21-18(15)16)8-5-9-23-12-10-22(2)11-13-23/h4,6-7,14H,3,5,8-13H2,1-2H3. The molecular formula is C19H26ClN3. The molecule has 0 spiro atoms. The van der Waals surface area contributed by atoms with Crippen LogP contribution in [0.1, 0.15) is 24.5 Å². The van der Waals surface area contributed by atoms with Crippen molar-refractivity contribution >= 4 is 22.5 Å². The van der Waals surface area contributed by atoms with Gasteiger partial charge >= 0.3 is 0 Å². The van der Waals surface area contributed by atoms with Crippen LogP contribution in [-0.4, -0.2) is 54.6 Å². The van der Waals surface area contributed by atoms with Gasteiger partial charge < -0.3 is 9.80 Å². The molecule has 0 radical (unpaired) electrons. The first-order valence-corrected chi connectivity index (χ1v) is 9.03. The van der Waals surface area contributed by atoms with Crippen molar-refractivity contribution in [3.05, 3.63) is 40.5 Å². The molecule has 1 aromatic heterocycles. The van der Waals surface area contributed by atoms with E-state index in [-0.39, 0.29) is 0 Å². The number of aromatic nitrogens is 1. The highest BCUT2D eigenvalue weighted by Gasteiger charge is 2.13. The van der Waals surface area contributed by atoms with Crippen molar-refractivity contribution in [3.63, 3.8) is 0 Å². The van der Waals surface area contributed by atoms with Crippen LogP contribution in [0.15, 0.2) is 24.3 Å². The van der Waals surface area contributed by atoms with Crippen LogP contribution in [0.2, 0.25) is 5.15 Å². The van der Waals surface area contributed by atoms with Gasteiger partial charge in [-0.2, -0.15) is 0 Å². The Morgan fingerprint density at radius 2 is 1.91 bits per heavy atom. The van der Waals surface area contributed by atoms with Crippen LogP contribution in [0.25, 0.3) is 10.9 Å². The minimum atomic E-state index is 0.678. The Hall–Kier alpha value is -1.16. The quantitative estimate of drug-likeness (QED) is 0.780. The number of likely N-dealkylation sites (N-methyl/N-ethyl adjacent to an activating group) is 1. The summed E-state index contributed by atoms with van der Waals surface area (Å²) in [5.74, 6) is 0. The number of piperazine rings is 1. The Labute approximate surface area is 144 Å². The smallest absolute Gasteiger partial charge is 0.132 e. The number of benzene rings is 1. The summed E-state index contributed by atoms with van der Waals surface area (Å²) in [5, 5.41) is 1.89. The van der Waals surface area contributed by atoms with Crippen LogP contribution in [-0.2, 0) is 12.8 Å². The summed E-state index contributed by atoms with van der Waals surface area (Å²) >= 11 is 6.44. The average Bonchev–Trinajstić information content (AvgIpc) is 2.56. The third kappa shape index (κ3) is 4.03. The van der Waals surface area contributed by atoms with Gasteiger partial charge in [0.05, 0.1) is 5.52 Å². The molecule has 3 nitrogen and oxygen atoms in total. The molecule has 0 aliphatic carbocycles. The Balaban J connectivity index is 1.65. The first-order valence-electron chi connectivity index (χ1n) is 8.65. The number of aryl methyl sites for hydroxylation is 2. The highest BCUT2D eigenvalue weighted by molar-refractivity contribution is 6.30. The molecule has 1 aromatic carbocycles. The van der Waals surface area contributed by atoms with E-state index in [1.54, 1.807) is 0 Å². The number of fused-ring (bicyclic) bond motifs is 1. The lowest BCUT2D eigenvalue weighted by atomic mass is 10.0. The third-order valence-corrected chi connectivity index (χ3v) is 5.18. The van der Waals surface area contributed by atoms with Crippen molar-refractivity contribution < 1.29 is 0 Å². The fourth-order valence-corrected chi connectivity index (χ4v) is 3.54. The number of hydrogen-bond donors (Lipinski definition) is 0. The molecule has 3 rings (SSSR count). The summed E-state index contributed by atoms with van der Waals surface area (Å²) in [7, 11) is 2.20. The minimum absolute atomic E-state index is 0.678. The maximum absolute atomic E-state index is 6.44. The second-order valence-electron chi connectivity index (χ2n) is 6.53. The summed E-state index contributed by atoms with van der Waals surface area (Å²) in [6, 6.07) is 8.62. The van der Waals surface area contributed by atoms with Gasteiger partial charge in [0, 0.05) is 31.6 Å². The third-order valence-electron chi connectivity index (χ3n) is 4.85. The summed E-state index contributed by atoms with van der Waals surface area (Å²) in [4.78, 5) is 9.61. The number of pyridine rings is 1. The number of nitrogens with zero attached hydrogens (tertiary/aromatic N) is 3. The predicted molar refractivity (Wildman–Crippen MR) is 98.4 cm³/mol. The molecule has 0 atom stereocenters. The van der Waals surface area contributed by atoms with E-state index in [1.807, 2.05) is 0 Å². The van der Waals surface area contributed by atoms with Crippen LogP contribution < -0.4 is 0 Å². The van der Waals surface area contributed by atoms with Crippen molar-refractivity contribution in [1.29, 1.82) is 0 Å². The van der Waals surface area contributed by atoms with Gasteiger partial charge in [-0.1, -0.05) is 36.7 Å². The number of halogens is 1. The molecule has 23 heavy (non-hydrogen) atoms. The van der Waals surface area contributed by atoms with Crippen LogP contribution in [0.4, 0.5) is 0 Å². The zero-order chi connectivity index (χ0) is 16.2. The molecule has 0 saturated carbocycles. The SMILES string of the molecule is CCc1cccc2cc(CCCN3CCN(C)CC3)c(Cl)nc12. The van der Waals surface area contributed by atoms with E-state index < -0.39 is 0 Å². The number of para-hydroxylation sites is 1. The van der Waals surface area contributed by atoms with Gasteiger partial charge in [-0.25, -0.2) is 4.98 Å². The fourth-order valence-electron chi connectivity index (χ4n) is 3.31. The zero-order valence-corrected chi connectivity index (χ0v) is 14.9. The van der Waals surface area contributed by atoms with Crippen LogP contribution in [0.5, 0.6) is 0 Å². The molecule has 4 heteroatoms. The van der Waals surface area contributed by atoms with Gasteiger partial charge in [0.25, 0.3) is 0 Å². The zero-order valence-electron chi connectivity index (χ0n) is 14.2. The lowest BCUT2D eigenvalue weighted by molar-refractivity contribution is 0.153. The normalized spacial score (nSPS) is 17.0. The second-order valence-corrected chi connectivity index (χ2v) is 6.89. The Kier molecular flexibility index (Phi) is 5.52. The molecule has 1 saturated heterocycles. The fraction of sp³-hybridized carbons (Fsp3) is 0.526. The van der Waals surface area contributed by atoms with E-state index in [4.69, 9.17) is 11.6 Å². The molecule has 0 bridgehead atoms. The monoisotopic (exact) mass is 331 g/mol. The molecular weight excluding hydrogens is 306 g/mol. The molecule has 1 aliphatic rings. The van der Waals surface area contributed by atoms with Gasteiger partial charge in [-0.15, -0.1) is 0 Å². The molecule has 0 N–H and O–H groups in total. The van der Waals surface area contributed by atoms with Gasteiger partial charge in [0.2, 0.25) is 0 Å². The first kappa shape index (κ1) is 16.7. The van der Waals surface area contributed by atoms with Crippen molar-refractivity contribution in [2.75, 3.05) is 39.8 Å². The van der Waals surface area contributed by atoms with Gasteiger partial charge in [-0.3, -0.25) is 0 Å². The molecule has 0 amide bonds. The number of hydrogen-bond acceptors (Lipinski definition) is 3. The lowest BCUT2D eigenvalue weighted by Gasteiger charge is -2.32. The predicted octanol–water partition coefficient (Wildman–Crippen LogP) is 3.63. The topological polar surface area (TPSA) is 19.4 Å². The van der Waals surface area contributed by atoms with Crippen molar-refractivity contribution in [1.82, 2.24) is 14.8 Å². The Morgan fingerprint density at radius 1 is 1.13 bits per heavy atom. The van der Waals surface area contributed by atoms with Gasteiger partial charge in [0.1, 0.15) is 5.15 Å². The Morgan fingerprint density at radius 3 is 2.65 bits per heavy atom. The van der Waals surface area contributed by atoms with Crippen molar-refractivity contribution in [3.8, 4) is 0 Å². The first-order chi connectivity index (χ1) is 11.2. The van der Waals surface area contributed by atoms with Gasteiger partial charge in [-0.05, 0) is 50.0 Å². The minimum Gasteiger partial charge on any atom is -0.304 e. The largest absolute Gasteiger partial charge is 0.304 e. The van der Waals surface area contributed by atoms with E-state index in [1.165, 1.54) is 42.7 Å². The lowest BCUT2D eigenvalue weighted by Crippen LogP contribution is -2.44. The summed E-state index contributed by atoms with van der Waals surface area (Å²) in [6.45, 7) is 8.03. The van der Waals surface area contributed by atoms with E-state index in [0.29, 0.717) is 5.15 Å². The maximum atomic E-state index is 6.44. The molecule has 1 fully saturated rings. The average molecular weight is 332 g/mol. The van der Waals surface area contributed by atoms with E-state index in [9.17, 15) is 0 Å². The molecule has 124 valence electrons. The summed E-state index contributed by atoms with van der Waals surface area (Å²) in [5.41, 5.74) is 3.51.